The quantitative estimate of drug-likeness (QED) is 0.254. The third-order valence-corrected chi connectivity index (χ3v) is 4.18. The summed E-state index contributed by atoms with van der Waals surface area (Å²) in [7, 11) is 4.99. The number of methoxy groups -OCH3 is 2. The summed E-state index contributed by atoms with van der Waals surface area (Å²) in [6, 6.07) is 9.23. The Bertz CT molecular complexity index is 926. The number of furan rings is 1. The minimum Gasteiger partial charge on any atom is -0.497 e. The number of hydrogen-bond acceptors (Lipinski definition) is 6. The molecule has 0 fully saturated rings. The predicted octanol–water partition coefficient (Wildman–Crippen LogP) is 3.13. The molecule has 0 bridgehead atoms. The van der Waals surface area contributed by atoms with E-state index in [1.54, 1.807) is 33.6 Å². The van der Waals surface area contributed by atoms with Gasteiger partial charge < -0.3 is 24.5 Å². The molecule has 3 aromatic rings. The first-order valence-corrected chi connectivity index (χ1v) is 8.79. The van der Waals surface area contributed by atoms with Crippen LogP contribution < -0.4 is 20.1 Å². The molecule has 1 atom stereocenters. The van der Waals surface area contributed by atoms with Crippen LogP contribution in [0.2, 0.25) is 0 Å². The number of nitrogens with one attached hydrogen (secondary N) is 3. The van der Waals surface area contributed by atoms with Crippen LogP contribution in [-0.4, -0.2) is 42.4 Å². The topological polar surface area (TPSA) is 110 Å². The van der Waals surface area contributed by atoms with Gasteiger partial charge in [-0.25, -0.2) is 4.98 Å². The van der Waals surface area contributed by atoms with Gasteiger partial charge in [0.25, 0.3) is 0 Å². The highest BCUT2D eigenvalue weighted by molar-refractivity contribution is 14.0. The fourth-order valence-corrected chi connectivity index (χ4v) is 2.71. The number of aliphatic imine (C=N–C) groups is 1. The van der Waals surface area contributed by atoms with Gasteiger partial charge in [-0.3, -0.25) is 10.1 Å². The van der Waals surface area contributed by atoms with E-state index in [9.17, 15) is 0 Å². The number of H-pyrrole nitrogens is 1. The van der Waals surface area contributed by atoms with E-state index in [4.69, 9.17) is 13.9 Å². The van der Waals surface area contributed by atoms with Crippen LogP contribution in [0.5, 0.6) is 11.5 Å². The number of aromatic amines is 1. The van der Waals surface area contributed by atoms with Crippen LogP contribution in [0.1, 0.15) is 24.4 Å². The van der Waals surface area contributed by atoms with Crippen LogP contribution in [0.4, 0.5) is 0 Å². The molecular formula is C19H25IN6O3. The molecule has 29 heavy (non-hydrogen) atoms. The van der Waals surface area contributed by atoms with Gasteiger partial charge in [-0.05, 0) is 37.3 Å². The van der Waals surface area contributed by atoms with Crippen molar-refractivity contribution < 1.29 is 13.9 Å². The van der Waals surface area contributed by atoms with Crippen LogP contribution in [0.25, 0.3) is 11.6 Å². The second-order valence-electron chi connectivity index (χ2n) is 5.98. The van der Waals surface area contributed by atoms with Crippen molar-refractivity contribution in [2.24, 2.45) is 4.99 Å². The van der Waals surface area contributed by atoms with Crippen molar-refractivity contribution in [3.8, 4) is 23.1 Å². The monoisotopic (exact) mass is 512 g/mol. The molecule has 0 amide bonds. The van der Waals surface area contributed by atoms with E-state index < -0.39 is 0 Å². The minimum absolute atomic E-state index is 0. The number of ether oxygens (including phenoxy) is 2. The standard InChI is InChI=1S/C19H24N6O3.HI/c1-12(14-10-13(26-3)7-8-15(14)27-4)22-19(20-2)21-11-17-23-18(25-24-17)16-6-5-9-28-16;/h5-10,12H,11H2,1-4H3,(H2,20,21,22)(H,23,24,25);1H. The number of rotatable bonds is 7. The lowest BCUT2D eigenvalue weighted by molar-refractivity contribution is 0.394. The Morgan fingerprint density at radius 1 is 1.28 bits per heavy atom. The zero-order valence-electron chi connectivity index (χ0n) is 16.7. The number of hydrogen-bond donors (Lipinski definition) is 3. The van der Waals surface area contributed by atoms with Crippen LogP contribution in [0.3, 0.4) is 0 Å². The molecule has 3 N–H and O–H groups in total. The summed E-state index contributed by atoms with van der Waals surface area (Å²) in [6.07, 6.45) is 1.59. The second kappa shape index (κ2) is 10.7. The van der Waals surface area contributed by atoms with E-state index >= 15 is 0 Å². The number of aromatic nitrogens is 3. The number of guanidine groups is 1. The molecular weight excluding hydrogens is 487 g/mol. The van der Waals surface area contributed by atoms with E-state index in [2.05, 4.69) is 30.8 Å². The van der Waals surface area contributed by atoms with Gasteiger partial charge in [0, 0.05) is 12.6 Å². The smallest absolute Gasteiger partial charge is 0.216 e. The van der Waals surface area contributed by atoms with Gasteiger partial charge in [0.1, 0.15) is 17.3 Å². The summed E-state index contributed by atoms with van der Waals surface area (Å²) >= 11 is 0. The molecule has 2 aromatic heterocycles. The first-order chi connectivity index (χ1) is 13.6. The lowest BCUT2D eigenvalue weighted by Crippen LogP contribution is -2.38. The predicted molar refractivity (Wildman–Crippen MR) is 121 cm³/mol. The van der Waals surface area contributed by atoms with Crippen molar-refractivity contribution in [1.29, 1.82) is 0 Å². The Morgan fingerprint density at radius 2 is 2.10 bits per heavy atom. The molecule has 0 aliphatic carbocycles. The van der Waals surface area contributed by atoms with Crippen LogP contribution >= 0.6 is 24.0 Å². The minimum atomic E-state index is -0.0651. The van der Waals surface area contributed by atoms with Gasteiger partial charge in [-0.2, -0.15) is 0 Å². The first-order valence-electron chi connectivity index (χ1n) is 8.79. The van der Waals surface area contributed by atoms with Crippen molar-refractivity contribution >= 4 is 29.9 Å². The molecule has 0 saturated carbocycles. The van der Waals surface area contributed by atoms with E-state index in [0.717, 1.165) is 17.1 Å². The Labute approximate surface area is 186 Å². The maximum absolute atomic E-state index is 5.46. The zero-order valence-corrected chi connectivity index (χ0v) is 19.1. The Balaban J connectivity index is 0.00000300. The summed E-state index contributed by atoms with van der Waals surface area (Å²) in [5.41, 5.74) is 0.963. The molecule has 9 nitrogen and oxygen atoms in total. The molecule has 1 aromatic carbocycles. The lowest BCUT2D eigenvalue weighted by atomic mass is 10.1. The molecule has 2 heterocycles. The Hall–Kier alpha value is -2.76. The molecule has 10 heteroatoms. The molecule has 3 rings (SSSR count). The molecule has 156 valence electrons. The fraction of sp³-hybridized carbons (Fsp3) is 0.316. The summed E-state index contributed by atoms with van der Waals surface area (Å²) in [6.45, 7) is 2.45. The number of nitrogens with zero attached hydrogens (tertiary/aromatic N) is 3. The summed E-state index contributed by atoms with van der Waals surface area (Å²) in [4.78, 5) is 8.67. The Morgan fingerprint density at radius 3 is 2.76 bits per heavy atom. The highest BCUT2D eigenvalue weighted by Gasteiger charge is 2.15. The first kappa shape index (κ1) is 22.5. The van der Waals surface area contributed by atoms with Crippen molar-refractivity contribution in [3.05, 3.63) is 48.0 Å². The maximum atomic E-state index is 5.46. The van der Waals surface area contributed by atoms with Gasteiger partial charge in [-0.1, -0.05) is 0 Å². The van der Waals surface area contributed by atoms with Gasteiger partial charge in [0.15, 0.2) is 11.7 Å². The maximum Gasteiger partial charge on any atom is 0.216 e. The molecule has 0 spiro atoms. The largest absolute Gasteiger partial charge is 0.497 e. The van der Waals surface area contributed by atoms with Crippen LogP contribution in [-0.2, 0) is 6.54 Å². The molecule has 0 radical (unpaired) electrons. The van der Waals surface area contributed by atoms with Crippen molar-refractivity contribution in [3.63, 3.8) is 0 Å². The average Bonchev–Trinajstić information content (AvgIpc) is 3.42. The van der Waals surface area contributed by atoms with Crippen LogP contribution in [0.15, 0.2) is 46.0 Å². The molecule has 0 aliphatic heterocycles. The summed E-state index contributed by atoms with van der Waals surface area (Å²) < 4.78 is 16.1. The van der Waals surface area contributed by atoms with Crippen molar-refractivity contribution in [2.75, 3.05) is 21.3 Å². The normalized spacial score (nSPS) is 12.1. The number of benzene rings is 1. The molecule has 0 saturated heterocycles. The van der Waals surface area contributed by atoms with Crippen LogP contribution in [0, 0.1) is 0 Å². The molecule has 1 unspecified atom stereocenters. The van der Waals surface area contributed by atoms with Crippen molar-refractivity contribution in [2.45, 2.75) is 19.5 Å². The number of halogens is 1. The third kappa shape index (κ3) is 5.62. The SMILES string of the molecule is CN=C(NCc1nc(-c2ccco2)n[nH]1)NC(C)c1cc(OC)ccc1OC.I. The third-order valence-electron chi connectivity index (χ3n) is 4.18. The second-order valence-corrected chi connectivity index (χ2v) is 5.98. The fourth-order valence-electron chi connectivity index (χ4n) is 2.71. The summed E-state index contributed by atoms with van der Waals surface area (Å²) in [5.74, 6) is 3.95. The van der Waals surface area contributed by atoms with E-state index in [0.29, 0.717) is 29.9 Å². The van der Waals surface area contributed by atoms with Crippen molar-refractivity contribution in [1.82, 2.24) is 25.8 Å². The lowest BCUT2D eigenvalue weighted by Gasteiger charge is -2.20. The average molecular weight is 512 g/mol. The highest BCUT2D eigenvalue weighted by atomic mass is 127. The van der Waals surface area contributed by atoms with Gasteiger partial charge in [-0.15, -0.1) is 29.1 Å². The van der Waals surface area contributed by atoms with E-state index in [1.165, 1.54) is 0 Å². The van der Waals surface area contributed by atoms with E-state index in [1.807, 2.05) is 31.2 Å². The van der Waals surface area contributed by atoms with Gasteiger partial charge in [0.05, 0.1) is 33.1 Å². The Kier molecular flexibility index (Phi) is 8.31. The highest BCUT2D eigenvalue weighted by Crippen LogP contribution is 2.29. The summed E-state index contributed by atoms with van der Waals surface area (Å²) in [5, 5.41) is 13.6. The van der Waals surface area contributed by atoms with Gasteiger partial charge >= 0.3 is 0 Å². The molecule has 0 aliphatic rings. The zero-order chi connectivity index (χ0) is 19.9. The van der Waals surface area contributed by atoms with Gasteiger partial charge in [0.2, 0.25) is 5.82 Å². The van der Waals surface area contributed by atoms with E-state index in [-0.39, 0.29) is 30.0 Å².